The summed E-state index contributed by atoms with van der Waals surface area (Å²) < 4.78 is 41.4. The Morgan fingerprint density at radius 1 is 0.917 bits per heavy atom. The van der Waals surface area contributed by atoms with E-state index in [1.807, 2.05) is 18.2 Å². The number of aromatic nitrogens is 2. The maximum absolute atomic E-state index is 13.5. The van der Waals surface area contributed by atoms with Gasteiger partial charge in [-0.1, -0.05) is 6.07 Å². The summed E-state index contributed by atoms with van der Waals surface area (Å²) in [5.74, 6) is 0.0479. The zero-order valence-corrected chi connectivity index (χ0v) is 20.4. The number of hydrogen-bond donors (Lipinski definition) is 1. The van der Waals surface area contributed by atoms with Crippen LogP contribution in [-0.2, 0) is 24.2 Å². The minimum absolute atomic E-state index is 0.155. The molecule has 0 radical (unpaired) electrons. The van der Waals surface area contributed by atoms with Crippen molar-refractivity contribution >= 4 is 5.97 Å². The predicted octanol–water partition coefficient (Wildman–Crippen LogP) is 2.49. The third kappa shape index (κ3) is 6.23. The van der Waals surface area contributed by atoms with Gasteiger partial charge in [0.15, 0.2) is 23.0 Å². The van der Waals surface area contributed by atoms with Crippen LogP contribution in [0.1, 0.15) is 18.1 Å². The molecule has 3 rings (SSSR count). The molecule has 0 aliphatic carbocycles. The van der Waals surface area contributed by atoms with Crippen molar-refractivity contribution in [2.24, 2.45) is 0 Å². The van der Waals surface area contributed by atoms with E-state index in [4.69, 9.17) is 23.7 Å². The molecule has 0 atom stereocenters. The highest BCUT2D eigenvalue weighted by atomic mass is 19.1. The van der Waals surface area contributed by atoms with Crippen LogP contribution in [-0.4, -0.2) is 43.5 Å². The number of carbonyl (C=O) groups excluding carboxylic acids is 1. The number of aryl methyl sites for hydroxylation is 2. The predicted molar refractivity (Wildman–Crippen MR) is 128 cm³/mol. The van der Waals surface area contributed by atoms with E-state index in [9.17, 15) is 18.8 Å². The zero-order chi connectivity index (χ0) is 26.2. The van der Waals surface area contributed by atoms with E-state index in [0.29, 0.717) is 53.2 Å². The van der Waals surface area contributed by atoms with Crippen LogP contribution in [0.5, 0.6) is 28.7 Å². The van der Waals surface area contributed by atoms with Crippen molar-refractivity contribution in [2.75, 3.05) is 27.9 Å². The minimum Gasteiger partial charge on any atom is -0.493 e. The summed E-state index contributed by atoms with van der Waals surface area (Å²) in [5.41, 5.74) is -0.302. The first-order chi connectivity index (χ1) is 17.3. The van der Waals surface area contributed by atoms with Crippen LogP contribution in [0.15, 0.2) is 46.1 Å². The molecule has 1 aromatic heterocycles. The molecular weight excluding hydrogens is 475 g/mol. The molecule has 0 fully saturated rings. The third-order valence-electron chi connectivity index (χ3n) is 5.23. The van der Waals surface area contributed by atoms with E-state index >= 15 is 0 Å². The van der Waals surface area contributed by atoms with Crippen LogP contribution >= 0.6 is 0 Å². The lowest BCUT2D eigenvalue weighted by atomic mass is 10.0. The summed E-state index contributed by atoms with van der Waals surface area (Å²) in [6, 6.07) is 8.91. The summed E-state index contributed by atoms with van der Waals surface area (Å²) in [6.45, 7) is 1.51. The Hall–Kier alpha value is -4.28. The maximum Gasteiger partial charge on any atom is 0.331 e. The molecule has 0 amide bonds. The molecule has 0 saturated heterocycles. The molecule has 0 saturated carbocycles. The fourth-order valence-corrected chi connectivity index (χ4v) is 3.53. The van der Waals surface area contributed by atoms with Crippen LogP contribution in [0, 0.1) is 5.82 Å². The summed E-state index contributed by atoms with van der Waals surface area (Å²) in [4.78, 5) is 37.3. The summed E-state index contributed by atoms with van der Waals surface area (Å²) >= 11 is 0. The quantitative estimate of drug-likeness (QED) is 0.314. The normalized spacial score (nSPS) is 10.6. The molecule has 10 nitrogen and oxygen atoms in total. The highest BCUT2D eigenvalue weighted by Crippen LogP contribution is 2.38. The van der Waals surface area contributed by atoms with Gasteiger partial charge in [0.05, 0.1) is 34.1 Å². The maximum atomic E-state index is 13.5. The van der Waals surface area contributed by atoms with E-state index in [1.165, 1.54) is 7.11 Å². The number of halogens is 1. The Bertz CT molecular complexity index is 1320. The molecule has 11 heteroatoms. The van der Waals surface area contributed by atoms with Crippen LogP contribution in [0.3, 0.4) is 0 Å². The summed E-state index contributed by atoms with van der Waals surface area (Å²) in [6.07, 6.45) is 1.85. The average Bonchev–Trinajstić information content (AvgIpc) is 2.86. The van der Waals surface area contributed by atoms with Gasteiger partial charge in [-0.05, 0) is 55.2 Å². The lowest BCUT2D eigenvalue weighted by molar-refractivity contribution is -0.135. The molecule has 3 aromatic rings. The van der Waals surface area contributed by atoms with Gasteiger partial charge < -0.3 is 23.7 Å². The molecular formula is C25H27FN2O8. The fraction of sp³-hybridized carbons (Fsp3) is 0.320. The average molecular weight is 502 g/mol. The molecule has 0 aliphatic heterocycles. The van der Waals surface area contributed by atoms with Gasteiger partial charge >= 0.3 is 11.7 Å². The number of esters is 1. The van der Waals surface area contributed by atoms with Crippen LogP contribution < -0.4 is 34.9 Å². The Balaban J connectivity index is 1.79. The van der Waals surface area contributed by atoms with E-state index in [2.05, 4.69) is 0 Å². The van der Waals surface area contributed by atoms with Gasteiger partial charge in [-0.3, -0.25) is 14.3 Å². The standard InChI is InChI=1S/C25H27FN2O8/c1-5-35-18-9-8-15(6-7-16-11-20(32-2)23(34-4)21(12-16)33-3)10-19(18)36-22(29)14-28-13-17(26)24(30)27-25(28)31/h8-13H,5-7,14H2,1-4H3,(H,27,30,31). The number of methoxy groups -OCH3 is 3. The Labute approximate surface area is 206 Å². The number of H-pyrrole nitrogens is 1. The number of aromatic amines is 1. The zero-order valence-electron chi connectivity index (χ0n) is 20.4. The highest BCUT2D eigenvalue weighted by Gasteiger charge is 2.16. The second-order valence-corrected chi connectivity index (χ2v) is 7.59. The van der Waals surface area contributed by atoms with Crippen molar-refractivity contribution < 1.29 is 32.9 Å². The molecule has 0 unspecified atom stereocenters. The van der Waals surface area contributed by atoms with Crippen molar-refractivity contribution in [2.45, 2.75) is 26.3 Å². The van der Waals surface area contributed by atoms with Crippen molar-refractivity contribution in [1.29, 1.82) is 0 Å². The molecule has 2 aromatic carbocycles. The van der Waals surface area contributed by atoms with Crippen molar-refractivity contribution in [3.8, 4) is 28.7 Å². The molecule has 1 N–H and O–H groups in total. The van der Waals surface area contributed by atoms with Crippen LogP contribution in [0.25, 0.3) is 0 Å². The molecule has 0 bridgehead atoms. The molecule has 36 heavy (non-hydrogen) atoms. The molecule has 0 aliphatic rings. The molecule has 1 heterocycles. The van der Waals surface area contributed by atoms with E-state index in [1.54, 1.807) is 38.3 Å². The number of nitrogens with zero attached hydrogens (tertiary/aromatic N) is 1. The summed E-state index contributed by atoms with van der Waals surface area (Å²) in [7, 11) is 4.63. The smallest absolute Gasteiger partial charge is 0.331 e. The number of ether oxygens (including phenoxy) is 5. The van der Waals surface area contributed by atoms with Crippen molar-refractivity contribution in [3.05, 3.63) is 74.3 Å². The van der Waals surface area contributed by atoms with E-state index in [0.717, 1.165) is 11.1 Å². The van der Waals surface area contributed by atoms with Crippen LogP contribution in [0.4, 0.5) is 4.39 Å². The SMILES string of the molecule is CCOc1ccc(CCc2cc(OC)c(OC)c(OC)c2)cc1OC(=O)Cn1cc(F)c(=O)[nH]c1=O. The first-order valence-electron chi connectivity index (χ1n) is 11.0. The first kappa shape index (κ1) is 26.3. The molecule has 0 spiro atoms. The number of nitrogens with one attached hydrogen (secondary N) is 1. The lowest BCUT2D eigenvalue weighted by Crippen LogP contribution is -2.34. The number of benzene rings is 2. The third-order valence-corrected chi connectivity index (χ3v) is 5.23. The monoisotopic (exact) mass is 502 g/mol. The van der Waals surface area contributed by atoms with Gasteiger partial charge in [0.25, 0.3) is 5.56 Å². The first-order valence-corrected chi connectivity index (χ1v) is 11.0. The van der Waals surface area contributed by atoms with Crippen LogP contribution in [0.2, 0.25) is 0 Å². The van der Waals surface area contributed by atoms with E-state index in [-0.39, 0.29) is 5.75 Å². The van der Waals surface area contributed by atoms with Gasteiger partial charge in [-0.25, -0.2) is 9.59 Å². The van der Waals surface area contributed by atoms with Gasteiger partial charge in [0.1, 0.15) is 6.54 Å². The Morgan fingerprint density at radius 3 is 2.17 bits per heavy atom. The second kappa shape index (κ2) is 11.9. The van der Waals surface area contributed by atoms with E-state index < -0.39 is 29.6 Å². The Kier molecular flexibility index (Phi) is 8.71. The van der Waals surface area contributed by atoms with Crippen molar-refractivity contribution in [3.63, 3.8) is 0 Å². The number of carbonyl (C=O) groups is 1. The highest BCUT2D eigenvalue weighted by molar-refractivity contribution is 5.73. The largest absolute Gasteiger partial charge is 0.493 e. The minimum atomic E-state index is -1.19. The lowest BCUT2D eigenvalue weighted by Gasteiger charge is -2.15. The Morgan fingerprint density at radius 2 is 1.56 bits per heavy atom. The van der Waals surface area contributed by atoms with Gasteiger partial charge in [0.2, 0.25) is 11.6 Å². The van der Waals surface area contributed by atoms with Gasteiger partial charge in [-0.2, -0.15) is 4.39 Å². The van der Waals surface area contributed by atoms with Crippen molar-refractivity contribution in [1.82, 2.24) is 9.55 Å². The summed E-state index contributed by atoms with van der Waals surface area (Å²) in [5, 5.41) is 0. The van der Waals surface area contributed by atoms with Gasteiger partial charge in [0, 0.05) is 0 Å². The number of hydrogen-bond acceptors (Lipinski definition) is 8. The van der Waals surface area contributed by atoms with Gasteiger partial charge in [-0.15, -0.1) is 0 Å². The second-order valence-electron chi connectivity index (χ2n) is 7.59. The topological polar surface area (TPSA) is 118 Å². The number of rotatable bonds is 11. The molecule has 192 valence electrons. The fourth-order valence-electron chi connectivity index (χ4n) is 3.53.